The van der Waals surface area contributed by atoms with Crippen molar-refractivity contribution in [2.45, 2.75) is 37.6 Å². The number of benzene rings is 1. The molecule has 2 rings (SSSR count). The minimum atomic E-state index is -3.12. The zero-order valence-corrected chi connectivity index (χ0v) is 14.3. The molecule has 5 nitrogen and oxygen atoms in total. The van der Waals surface area contributed by atoms with Gasteiger partial charge in [0, 0.05) is 25.4 Å². The van der Waals surface area contributed by atoms with Gasteiger partial charge in [0.25, 0.3) is 0 Å². The van der Waals surface area contributed by atoms with Crippen LogP contribution in [0.1, 0.15) is 25.8 Å². The van der Waals surface area contributed by atoms with E-state index < -0.39 is 9.84 Å². The van der Waals surface area contributed by atoms with Gasteiger partial charge in [-0.1, -0.05) is 19.1 Å². The van der Waals surface area contributed by atoms with Crippen LogP contribution in [-0.2, 0) is 16.3 Å². The molecule has 0 bridgehead atoms. The molecule has 1 aromatic rings. The van der Waals surface area contributed by atoms with Crippen molar-refractivity contribution in [2.75, 3.05) is 19.3 Å². The maximum Gasteiger partial charge on any atom is 0.191 e. The Morgan fingerprint density at radius 2 is 1.95 bits per heavy atom. The fourth-order valence-electron chi connectivity index (χ4n) is 2.22. The molecule has 0 aliphatic heterocycles. The first-order chi connectivity index (χ1) is 10.4. The Kier molecular flexibility index (Phi) is 5.45. The van der Waals surface area contributed by atoms with Gasteiger partial charge in [0.2, 0.25) is 0 Å². The van der Waals surface area contributed by atoms with Crippen LogP contribution in [0.4, 0.5) is 0 Å². The molecule has 0 aromatic heterocycles. The molecular formula is C16H25N3O2S. The van der Waals surface area contributed by atoms with E-state index in [1.165, 1.54) is 12.7 Å². The van der Waals surface area contributed by atoms with E-state index in [1.54, 1.807) is 12.1 Å². The summed E-state index contributed by atoms with van der Waals surface area (Å²) in [5.41, 5.74) is 1.09. The van der Waals surface area contributed by atoms with E-state index >= 15 is 0 Å². The molecule has 0 spiro atoms. The third-order valence-electron chi connectivity index (χ3n) is 3.80. The van der Waals surface area contributed by atoms with Gasteiger partial charge in [-0.15, -0.1) is 0 Å². The number of sulfone groups is 1. The molecule has 1 aromatic carbocycles. The van der Waals surface area contributed by atoms with E-state index in [1.807, 2.05) is 12.1 Å². The van der Waals surface area contributed by atoms with Gasteiger partial charge in [-0.05, 0) is 43.4 Å². The minimum Gasteiger partial charge on any atom is -0.357 e. The minimum absolute atomic E-state index is 0.359. The summed E-state index contributed by atoms with van der Waals surface area (Å²) in [6.07, 6.45) is 3.22. The van der Waals surface area contributed by atoms with E-state index in [0.29, 0.717) is 17.5 Å². The Balaban J connectivity index is 1.89. The molecule has 6 heteroatoms. The summed E-state index contributed by atoms with van der Waals surface area (Å²) in [6, 6.07) is 7.57. The highest BCUT2D eigenvalue weighted by Crippen LogP contribution is 2.28. The van der Waals surface area contributed by atoms with Gasteiger partial charge in [-0.2, -0.15) is 0 Å². The third kappa shape index (κ3) is 5.02. The second-order valence-corrected chi connectivity index (χ2v) is 7.91. The topological polar surface area (TPSA) is 70.6 Å². The summed E-state index contributed by atoms with van der Waals surface area (Å²) in [5, 5.41) is 6.67. The van der Waals surface area contributed by atoms with Crippen LogP contribution in [0.2, 0.25) is 0 Å². The van der Waals surface area contributed by atoms with Crippen LogP contribution in [-0.4, -0.2) is 39.8 Å². The highest BCUT2D eigenvalue weighted by Gasteiger charge is 2.33. The molecule has 1 aliphatic carbocycles. The lowest BCUT2D eigenvalue weighted by molar-refractivity contribution is 0.602. The Bertz CT molecular complexity index is 623. The highest BCUT2D eigenvalue weighted by molar-refractivity contribution is 7.90. The lowest BCUT2D eigenvalue weighted by Crippen LogP contribution is -2.39. The molecule has 2 atom stereocenters. The molecule has 0 radical (unpaired) electrons. The number of aliphatic imine (C=N–C) groups is 1. The summed E-state index contributed by atoms with van der Waals surface area (Å²) < 4.78 is 22.8. The van der Waals surface area contributed by atoms with Crippen LogP contribution in [0.15, 0.2) is 34.2 Å². The monoisotopic (exact) mass is 323 g/mol. The fourth-order valence-corrected chi connectivity index (χ4v) is 2.85. The number of hydrogen-bond donors (Lipinski definition) is 2. The fraction of sp³-hybridized carbons (Fsp3) is 0.562. The van der Waals surface area contributed by atoms with Crippen molar-refractivity contribution in [3.05, 3.63) is 29.8 Å². The third-order valence-corrected chi connectivity index (χ3v) is 4.93. The highest BCUT2D eigenvalue weighted by atomic mass is 32.2. The SMILES string of the molecule is CCNC(=NCCc1ccc(S(C)(=O)=O)cc1)NC1CC1C. The van der Waals surface area contributed by atoms with E-state index in [4.69, 9.17) is 0 Å². The number of guanidine groups is 1. The predicted molar refractivity (Wildman–Crippen MR) is 89.9 cm³/mol. The molecule has 1 saturated carbocycles. The van der Waals surface area contributed by atoms with Crippen molar-refractivity contribution in [1.82, 2.24) is 10.6 Å². The van der Waals surface area contributed by atoms with E-state index in [-0.39, 0.29) is 0 Å². The van der Waals surface area contributed by atoms with Crippen molar-refractivity contribution in [3.63, 3.8) is 0 Å². The van der Waals surface area contributed by atoms with Gasteiger partial charge in [-0.25, -0.2) is 8.42 Å². The average molecular weight is 323 g/mol. The molecule has 0 amide bonds. The summed E-state index contributed by atoms with van der Waals surface area (Å²) in [5.74, 6) is 1.59. The van der Waals surface area contributed by atoms with E-state index in [9.17, 15) is 8.42 Å². The molecular weight excluding hydrogens is 298 g/mol. The van der Waals surface area contributed by atoms with Crippen LogP contribution in [0.3, 0.4) is 0 Å². The van der Waals surface area contributed by atoms with Crippen molar-refractivity contribution < 1.29 is 8.42 Å². The lowest BCUT2D eigenvalue weighted by atomic mass is 10.1. The first kappa shape index (κ1) is 16.8. The van der Waals surface area contributed by atoms with Crippen molar-refractivity contribution in [3.8, 4) is 0 Å². The predicted octanol–water partition coefficient (Wildman–Crippen LogP) is 1.60. The van der Waals surface area contributed by atoms with E-state index in [2.05, 4.69) is 29.5 Å². The first-order valence-corrected chi connectivity index (χ1v) is 9.63. The molecule has 22 heavy (non-hydrogen) atoms. The summed E-state index contributed by atoms with van der Waals surface area (Å²) >= 11 is 0. The van der Waals surface area contributed by atoms with Crippen LogP contribution < -0.4 is 10.6 Å². The van der Waals surface area contributed by atoms with Gasteiger partial charge < -0.3 is 10.6 Å². The Hall–Kier alpha value is -1.56. The molecule has 1 aliphatic rings. The first-order valence-electron chi connectivity index (χ1n) is 7.74. The zero-order valence-electron chi connectivity index (χ0n) is 13.5. The Morgan fingerprint density at radius 3 is 2.45 bits per heavy atom. The molecule has 2 N–H and O–H groups in total. The van der Waals surface area contributed by atoms with Gasteiger partial charge in [-0.3, -0.25) is 4.99 Å². The number of nitrogens with one attached hydrogen (secondary N) is 2. The summed E-state index contributed by atoms with van der Waals surface area (Å²) in [7, 11) is -3.12. The lowest BCUT2D eigenvalue weighted by Gasteiger charge is -2.10. The van der Waals surface area contributed by atoms with Gasteiger partial charge >= 0.3 is 0 Å². The van der Waals surface area contributed by atoms with Crippen LogP contribution in [0.5, 0.6) is 0 Å². The second-order valence-electron chi connectivity index (χ2n) is 5.89. The molecule has 0 saturated heterocycles. The number of hydrogen-bond acceptors (Lipinski definition) is 3. The Labute approximate surface area is 133 Å². The number of nitrogens with zero attached hydrogens (tertiary/aromatic N) is 1. The molecule has 0 heterocycles. The van der Waals surface area contributed by atoms with E-state index in [0.717, 1.165) is 30.4 Å². The maximum atomic E-state index is 11.4. The molecule has 122 valence electrons. The van der Waals surface area contributed by atoms with Crippen LogP contribution >= 0.6 is 0 Å². The normalized spacial score (nSPS) is 21.5. The largest absolute Gasteiger partial charge is 0.357 e. The van der Waals surface area contributed by atoms with Crippen molar-refractivity contribution >= 4 is 15.8 Å². The summed E-state index contributed by atoms with van der Waals surface area (Å²) in [4.78, 5) is 4.93. The summed E-state index contributed by atoms with van der Waals surface area (Å²) in [6.45, 7) is 5.80. The second kappa shape index (κ2) is 7.13. The van der Waals surface area contributed by atoms with Crippen molar-refractivity contribution in [2.24, 2.45) is 10.9 Å². The average Bonchev–Trinajstić information content (AvgIpc) is 3.14. The van der Waals surface area contributed by atoms with Crippen LogP contribution in [0, 0.1) is 5.92 Å². The number of rotatable bonds is 6. The maximum absolute atomic E-state index is 11.4. The Morgan fingerprint density at radius 1 is 1.32 bits per heavy atom. The van der Waals surface area contributed by atoms with Crippen molar-refractivity contribution in [1.29, 1.82) is 0 Å². The standard InChI is InChI=1S/C16H25N3O2S/c1-4-17-16(19-15-11-12(15)2)18-10-9-13-5-7-14(8-6-13)22(3,20)21/h5-8,12,15H,4,9-11H2,1-3H3,(H2,17,18,19). The zero-order chi connectivity index (χ0) is 16.2. The van der Waals surface area contributed by atoms with Crippen LogP contribution in [0.25, 0.3) is 0 Å². The quantitative estimate of drug-likeness (QED) is 0.616. The smallest absolute Gasteiger partial charge is 0.191 e. The van der Waals surface area contributed by atoms with Gasteiger partial charge in [0.15, 0.2) is 15.8 Å². The van der Waals surface area contributed by atoms with Gasteiger partial charge in [0.05, 0.1) is 4.90 Å². The van der Waals surface area contributed by atoms with Gasteiger partial charge in [0.1, 0.15) is 0 Å². The molecule has 1 fully saturated rings. The molecule has 2 unspecified atom stereocenters.